The van der Waals surface area contributed by atoms with Gasteiger partial charge in [-0.05, 0) is 50.7 Å². The van der Waals surface area contributed by atoms with Crippen LogP contribution in [0.2, 0.25) is 0 Å². The zero-order valence-corrected chi connectivity index (χ0v) is 19.0. The van der Waals surface area contributed by atoms with Crippen LogP contribution in [-0.2, 0) is 16.0 Å². The Balaban J connectivity index is 1.77. The Morgan fingerprint density at radius 2 is 1.94 bits per heavy atom. The highest BCUT2D eigenvalue weighted by Gasteiger charge is 2.33. The molecule has 1 saturated carbocycles. The smallest absolute Gasteiger partial charge is 0.304 e. The van der Waals surface area contributed by atoms with Crippen LogP contribution in [0.1, 0.15) is 87.1 Å². The molecule has 7 nitrogen and oxygen atoms in total. The first-order valence-corrected chi connectivity index (χ1v) is 11.3. The summed E-state index contributed by atoms with van der Waals surface area (Å²) in [6.45, 7) is 8.36. The molecular weight excluding hydrogens is 392 g/mol. The Morgan fingerprint density at radius 3 is 2.55 bits per heavy atom. The summed E-state index contributed by atoms with van der Waals surface area (Å²) >= 11 is 0. The Labute approximate surface area is 184 Å². The largest absolute Gasteiger partial charge is 0.481 e. The molecule has 1 aromatic heterocycles. The number of hydrogen-bond acceptors (Lipinski definition) is 4. The molecule has 0 radical (unpaired) electrons. The molecule has 3 rings (SSSR count). The summed E-state index contributed by atoms with van der Waals surface area (Å²) in [6, 6.07) is 6.17. The molecular formula is C24H34N4O3. The highest BCUT2D eigenvalue weighted by Crippen LogP contribution is 2.39. The van der Waals surface area contributed by atoms with Gasteiger partial charge in [-0.1, -0.05) is 38.0 Å². The number of carboxylic acids is 1. The first-order valence-electron chi connectivity index (χ1n) is 11.3. The van der Waals surface area contributed by atoms with Crippen LogP contribution in [0.15, 0.2) is 18.2 Å². The van der Waals surface area contributed by atoms with E-state index in [4.69, 9.17) is 0 Å². The highest BCUT2D eigenvalue weighted by molar-refractivity contribution is 5.92. The van der Waals surface area contributed by atoms with Crippen molar-refractivity contribution in [3.05, 3.63) is 41.0 Å². The van der Waals surface area contributed by atoms with E-state index >= 15 is 0 Å². The second-order valence-corrected chi connectivity index (χ2v) is 9.23. The van der Waals surface area contributed by atoms with E-state index in [1.54, 1.807) is 0 Å². The number of hydrogen-bond donors (Lipinski definition) is 2. The van der Waals surface area contributed by atoms with E-state index < -0.39 is 11.9 Å². The van der Waals surface area contributed by atoms with Gasteiger partial charge in [-0.15, -0.1) is 10.2 Å². The summed E-state index contributed by atoms with van der Waals surface area (Å²) < 4.78 is 2.12. The Kier molecular flexibility index (Phi) is 7.46. The van der Waals surface area contributed by atoms with Crippen LogP contribution < -0.4 is 5.32 Å². The Morgan fingerprint density at radius 1 is 1.19 bits per heavy atom. The molecule has 2 aromatic rings. The lowest BCUT2D eigenvalue weighted by molar-refractivity contribution is -0.137. The average Bonchev–Trinajstić information content (AvgIpc) is 3.42. The number of aryl methyl sites for hydroxylation is 3. The second kappa shape index (κ2) is 10.1. The third kappa shape index (κ3) is 6.39. The highest BCUT2D eigenvalue weighted by atomic mass is 16.4. The predicted octanol–water partition coefficient (Wildman–Crippen LogP) is 4.80. The van der Waals surface area contributed by atoms with E-state index in [9.17, 15) is 14.7 Å². The van der Waals surface area contributed by atoms with Crippen molar-refractivity contribution in [1.82, 2.24) is 14.8 Å². The monoisotopic (exact) mass is 426 g/mol. The van der Waals surface area contributed by atoms with E-state index in [0.717, 1.165) is 54.7 Å². The van der Waals surface area contributed by atoms with E-state index in [-0.39, 0.29) is 18.7 Å². The van der Waals surface area contributed by atoms with Crippen molar-refractivity contribution in [3.63, 3.8) is 0 Å². The van der Waals surface area contributed by atoms with E-state index in [0.29, 0.717) is 17.8 Å². The Hall–Kier alpha value is -2.70. The van der Waals surface area contributed by atoms with Gasteiger partial charge in [-0.3, -0.25) is 9.59 Å². The maximum Gasteiger partial charge on any atom is 0.304 e. The summed E-state index contributed by atoms with van der Waals surface area (Å²) in [4.78, 5) is 24.4. The summed E-state index contributed by atoms with van der Waals surface area (Å²) in [6.07, 6.45) is 5.00. The van der Waals surface area contributed by atoms with Gasteiger partial charge in [0.15, 0.2) is 0 Å². The van der Waals surface area contributed by atoms with Gasteiger partial charge in [-0.25, -0.2) is 0 Å². The second-order valence-electron chi connectivity index (χ2n) is 9.23. The first-order chi connectivity index (χ1) is 14.7. The minimum Gasteiger partial charge on any atom is -0.481 e. The van der Waals surface area contributed by atoms with Crippen molar-refractivity contribution in [2.24, 2.45) is 5.92 Å². The summed E-state index contributed by atoms with van der Waals surface area (Å²) in [7, 11) is 0. The number of nitrogens with one attached hydrogen (secondary N) is 1. The number of nitrogens with zero attached hydrogens (tertiary/aromatic N) is 3. The summed E-state index contributed by atoms with van der Waals surface area (Å²) in [5, 5.41) is 21.2. The molecule has 1 heterocycles. The lowest BCUT2D eigenvalue weighted by Crippen LogP contribution is -2.21. The molecule has 0 saturated heterocycles. The maximum absolute atomic E-state index is 12.8. The number of aromatic nitrogens is 3. The fraction of sp³-hybridized carbons (Fsp3) is 0.583. The van der Waals surface area contributed by atoms with Crippen LogP contribution in [0.3, 0.4) is 0 Å². The molecule has 168 valence electrons. The number of anilines is 1. The van der Waals surface area contributed by atoms with Crippen LogP contribution in [0.4, 0.5) is 5.69 Å². The molecule has 1 unspecified atom stereocenters. The molecule has 0 spiro atoms. The predicted molar refractivity (Wildman–Crippen MR) is 120 cm³/mol. The minimum atomic E-state index is -0.934. The van der Waals surface area contributed by atoms with Crippen molar-refractivity contribution in [2.45, 2.75) is 84.6 Å². The van der Waals surface area contributed by atoms with Gasteiger partial charge < -0.3 is 15.0 Å². The van der Waals surface area contributed by atoms with Gasteiger partial charge >= 0.3 is 5.97 Å². The fourth-order valence-electron chi connectivity index (χ4n) is 4.03. The quantitative estimate of drug-likeness (QED) is 0.538. The number of aliphatic carboxylic acids is 1. The third-order valence-corrected chi connectivity index (χ3v) is 5.76. The van der Waals surface area contributed by atoms with Crippen molar-refractivity contribution in [3.8, 4) is 0 Å². The molecule has 1 fully saturated rings. The van der Waals surface area contributed by atoms with E-state index in [2.05, 4.69) is 33.9 Å². The maximum atomic E-state index is 12.8. The Bertz CT molecular complexity index is 931. The fourth-order valence-corrected chi connectivity index (χ4v) is 4.03. The number of carbonyl (C=O) groups excluding carboxylic acids is 1. The van der Waals surface area contributed by atoms with E-state index in [1.807, 2.05) is 32.0 Å². The number of benzene rings is 1. The average molecular weight is 427 g/mol. The summed E-state index contributed by atoms with van der Waals surface area (Å²) in [5.41, 5.74) is 2.86. The lowest BCUT2D eigenvalue weighted by Gasteiger charge is -2.17. The minimum absolute atomic E-state index is 0.0659. The molecule has 1 aliphatic carbocycles. The SMILES string of the molecule is Cc1ccc(NC(=O)CC(CC(=O)O)c2nnc(CCCC(C)C)n2C2CC2)c(C)c1. The normalized spacial score (nSPS) is 14.6. The molecule has 31 heavy (non-hydrogen) atoms. The third-order valence-electron chi connectivity index (χ3n) is 5.76. The van der Waals surface area contributed by atoms with Crippen LogP contribution in [0.5, 0.6) is 0 Å². The number of carbonyl (C=O) groups is 2. The lowest BCUT2D eigenvalue weighted by atomic mass is 9.99. The molecule has 1 aliphatic rings. The zero-order chi connectivity index (χ0) is 22.5. The van der Waals surface area contributed by atoms with Crippen LogP contribution >= 0.6 is 0 Å². The van der Waals surface area contributed by atoms with E-state index in [1.165, 1.54) is 0 Å². The zero-order valence-electron chi connectivity index (χ0n) is 19.0. The van der Waals surface area contributed by atoms with Gasteiger partial charge in [0, 0.05) is 30.5 Å². The van der Waals surface area contributed by atoms with Gasteiger partial charge in [-0.2, -0.15) is 0 Å². The number of amides is 1. The van der Waals surface area contributed by atoms with Crippen molar-refractivity contribution < 1.29 is 14.7 Å². The van der Waals surface area contributed by atoms with Crippen LogP contribution in [-0.4, -0.2) is 31.7 Å². The van der Waals surface area contributed by atoms with Gasteiger partial charge in [0.25, 0.3) is 0 Å². The first kappa shape index (κ1) is 23.0. The molecule has 7 heteroatoms. The van der Waals surface area contributed by atoms with Gasteiger partial charge in [0.1, 0.15) is 11.6 Å². The molecule has 1 amide bonds. The molecule has 0 bridgehead atoms. The van der Waals surface area contributed by atoms with Crippen LogP contribution in [0, 0.1) is 19.8 Å². The standard InChI is InChI=1S/C24H34N4O3/c1-15(2)6-5-7-21-26-27-24(28(21)19-9-10-19)18(14-23(30)31)13-22(29)25-20-11-8-16(3)12-17(20)4/h8,11-12,15,18-19H,5-7,9-10,13-14H2,1-4H3,(H,25,29)(H,30,31). The van der Waals surface area contributed by atoms with Crippen molar-refractivity contribution in [1.29, 1.82) is 0 Å². The molecule has 1 aromatic carbocycles. The molecule has 0 aliphatic heterocycles. The molecule has 2 N–H and O–H groups in total. The molecule has 1 atom stereocenters. The summed E-state index contributed by atoms with van der Waals surface area (Å²) in [5.74, 6) is 0.546. The number of carboxylic acid groups (broad SMARTS) is 1. The van der Waals surface area contributed by atoms with Crippen LogP contribution in [0.25, 0.3) is 0 Å². The topological polar surface area (TPSA) is 97.1 Å². The van der Waals surface area contributed by atoms with Crippen molar-refractivity contribution >= 4 is 17.6 Å². The number of rotatable bonds is 11. The van der Waals surface area contributed by atoms with Crippen molar-refractivity contribution in [2.75, 3.05) is 5.32 Å². The van der Waals surface area contributed by atoms with Gasteiger partial charge in [0.2, 0.25) is 5.91 Å². The van der Waals surface area contributed by atoms with Gasteiger partial charge in [0.05, 0.1) is 6.42 Å².